The van der Waals surface area contributed by atoms with Gasteiger partial charge in [-0.05, 0) is 12.8 Å². The third kappa shape index (κ3) is 1.32. The highest BCUT2D eigenvalue weighted by molar-refractivity contribution is 5.84. The van der Waals surface area contributed by atoms with Crippen LogP contribution in [0.25, 0.3) is 0 Å². The lowest BCUT2D eigenvalue weighted by molar-refractivity contribution is -0.256. The Bertz CT molecular complexity index is 280. The van der Waals surface area contributed by atoms with E-state index in [9.17, 15) is 4.79 Å². The number of carbonyl (C=O) groups is 1. The highest BCUT2D eigenvalue weighted by atomic mass is 16.7. The quantitative estimate of drug-likeness (QED) is 0.715. The zero-order valence-corrected chi connectivity index (χ0v) is 10.4. The van der Waals surface area contributed by atoms with Crippen LogP contribution in [0.3, 0.4) is 0 Å². The summed E-state index contributed by atoms with van der Waals surface area (Å²) in [7, 11) is 1.87. The molecule has 92 valence electrons. The fourth-order valence-corrected chi connectivity index (χ4v) is 3.15. The maximum absolute atomic E-state index is 12.4. The molecule has 2 rings (SSSR count). The number of rotatable bonds is 2. The van der Waals surface area contributed by atoms with Gasteiger partial charge in [-0.3, -0.25) is 4.79 Å². The van der Waals surface area contributed by atoms with E-state index in [2.05, 4.69) is 0 Å². The van der Waals surface area contributed by atoms with Crippen LogP contribution in [-0.4, -0.2) is 43.4 Å². The predicted molar refractivity (Wildman–Crippen MR) is 59.9 cm³/mol. The fraction of sp³-hybridized carbons (Fsp3) is 0.917. The lowest BCUT2D eigenvalue weighted by atomic mass is 9.69. The van der Waals surface area contributed by atoms with Gasteiger partial charge in [0.15, 0.2) is 5.79 Å². The Balaban J connectivity index is 2.40. The zero-order valence-electron chi connectivity index (χ0n) is 10.4. The van der Waals surface area contributed by atoms with Gasteiger partial charge in [-0.1, -0.05) is 13.8 Å². The minimum Gasteiger partial charge on any atom is -0.346 e. The van der Waals surface area contributed by atoms with Gasteiger partial charge in [-0.25, -0.2) is 0 Å². The summed E-state index contributed by atoms with van der Waals surface area (Å²) >= 11 is 0. The summed E-state index contributed by atoms with van der Waals surface area (Å²) in [5, 5.41) is 0. The largest absolute Gasteiger partial charge is 0.346 e. The average molecular weight is 227 g/mol. The summed E-state index contributed by atoms with van der Waals surface area (Å²) in [6.45, 7) is 6.04. The molecule has 0 aromatic carbocycles. The van der Waals surface area contributed by atoms with Crippen molar-refractivity contribution in [3.05, 3.63) is 0 Å². The maximum atomic E-state index is 12.4. The first-order valence-electron chi connectivity index (χ1n) is 6.15. The van der Waals surface area contributed by atoms with Crippen molar-refractivity contribution in [1.82, 2.24) is 4.90 Å². The molecule has 4 heteroatoms. The Morgan fingerprint density at radius 1 is 1.25 bits per heavy atom. The third-order valence-corrected chi connectivity index (χ3v) is 4.22. The Kier molecular flexibility index (Phi) is 2.97. The minimum atomic E-state index is -0.653. The van der Waals surface area contributed by atoms with E-state index in [1.54, 1.807) is 0 Å². The normalized spacial score (nSPS) is 27.7. The van der Waals surface area contributed by atoms with E-state index in [1.807, 2.05) is 25.8 Å². The van der Waals surface area contributed by atoms with Crippen LogP contribution in [0.4, 0.5) is 0 Å². The topological polar surface area (TPSA) is 38.8 Å². The molecule has 2 fully saturated rings. The Hall–Kier alpha value is -0.610. The maximum Gasteiger partial charge on any atom is 0.233 e. The fourth-order valence-electron chi connectivity index (χ4n) is 3.15. The van der Waals surface area contributed by atoms with Crippen LogP contribution < -0.4 is 0 Å². The standard InChI is InChI=1S/C12H21NO3/c1-4-11(5-2)10(14)13(3)7-6-12(11)15-8-9-16-12/h4-9H2,1-3H3. The molecule has 0 bridgehead atoms. The van der Waals surface area contributed by atoms with Gasteiger partial charge in [-0.15, -0.1) is 0 Å². The van der Waals surface area contributed by atoms with Crippen LogP contribution in [0.1, 0.15) is 33.1 Å². The second-order valence-corrected chi connectivity index (χ2v) is 4.72. The van der Waals surface area contributed by atoms with Gasteiger partial charge in [0, 0.05) is 20.0 Å². The molecule has 1 amide bonds. The van der Waals surface area contributed by atoms with Crippen molar-refractivity contribution in [3.8, 4) is 0 Å². The molecule has 16 heavy (non-hydrogen) atoms. The van der Waals surface area contributed by atoms with Gasteiger partial charge >= 0.3 is 0 Å². The lowest BCUT2D eigenvalue weighted by Crippen LogP contribution is -2.62. The number of ether oxygens (including phenoxy) is 2. The van der Waals surface area contributed by atoms with E-state index >= 15 is 0 Å². The van der Waals surface area contributed by atoms with Gasteiger partial charge in [0.1, 0.15) is 5.41 Å². The number of likely N-dealkylation sites (tertiary alicyclic amines) is 1. The highest BCUT2D eigenvalue weighted by Crippen LogP contribution is 2.49. The second-order valence-electron chi connectivity index (χ2n) is 4.72. The predicted octanol–water partition coefficient (Wildman–Crippen LogP) is 1.40. The van der Waals surface area contributed by atoms with Gasteiger partial charge < -0.3 is 14.4 Å². The van der Waals surface area contributed by atoms with Crippen molar-refractivity contribution >= 4 is 5.91 Å². The van der Waals surface area contributed by atoms with Crippen molar-refractivity contribution in [3.63, 3.8) is 0 Å². The van der Waals surface area contributed by atoms with Gasteiger partial charge in [0.2, 0.25) is 5.91 Å². The molecule has 0 aromatic heterocycles. The summed E-state index contributed by atoms with van der Waals surface area (Å²) in [4.78, 5) is 14.2. The Labute approximate surface area is 96.9 Å². The van der Waals surface area contributed by atoms with E-state index in [-0.39, 0.29) is 5.91 Å². The summed E-state index contributed by atoms with van der Waals surface area (Å²) in [6.07, 6.45) is 2.33. The molecule has 0 unspecified atom stereocenters. The van der Waals surface area contributed by atoms with E-state index in [0.29, 0.717) is 13.2 Å². The van der Waals surface area contributed by atoms with E-state index in [0.717, 1.165) is 25.8 Å². The monoisotopic (exact) mass is 227 g/mol. The summed E-state index contributed by atoms with van der Waals surface area (Å²) in [5.74, 6) is -0.481. The number of hydrogen-bond donors (Lipinski definition) is 0. The van der Waals surface area contributed by atoms with Crippen LogP contribution >= 0.6 is 0 Å². The Morgan fingerprint density at radius 3 is 2.31 bits per heavy atom. The third-order valence-electron chi connectivity index (χ3n) is 4.22. The first-order chi connectivity index (χ1) is 7.62. The van der Waals surface area contributed by atoms with Crippen molar-refractivity contribution in [2.45, 2.75) is 38.9 Å². The molecule has 0 aliphatic carbocycles. The summed E-state index contributed by atoms with van der Waals surface area (Å²) in [5.41, 5.74) is -0.490. The van der Waals surface area contributed by atoms with E-state index in [4.69, 9.17) is 9.47 Å². The van der Waals surface area contributed by atoms with Gasteiger partial charge in [0.25, 0.3) is 0 Å². The second kappa shape index (κ2) is 4.00. The molecule has 2 saturated heterocycles. The Morgan fingerprint density at radius 2 is 1.81 bits per heavy atom. The number of amides is 1. The molecular formula is C12H21NO3. The van der Waals surface area contributed by atoms with Crippen LogP contribution in [-0.2, 0) is 14.3 Å². The number of hydrogen-bond acceptors (Lipinski definition) is 3. The van der Waals surface area contributed by atoms with E-state index < -0.39 is 11.2 Å². The number of piperidine rings is 1. The molecule has 4 nitrogen and oxygen atoms in total. The molecule has 2 aliphatic heterocycles. The minimum absolute atomic E-state index is 0.172. The van der Waals surface area contributed by atoms with Crippen molar-refractivity contribution in [1.29, 1.82) is 0 Å². The average Bonchev–Trinajstić information content (AvgIpc) is 2.77. The molecule has 0 radical (unpaired) electrons. The summed E-state index contributed by atoms with van der Waals surface area (Å²) in [6, 6.07) is 0. The molecule has 2 aliphatic rings. The highest BCUT2D eigenvalue weighted by Gasteiger charge is 2.61. The SMILES string of the molecule is CCC1(CC)C(=O)N(C)CCC12OCCO2. The molecule has 0 atom stereocenters. The van der Waals surface area contributed by atoms with Crippen molar-refractivity contribution in [2.75, 3.05) is 26.8 Å². The first kappa shape index (κ1) is 11.9. The molecule has 0 aromatic rings. The molecule has 2 heterocycles. The smallest absolute Gasteiger partial charge is 0.233 e. The van der Waals surface area contributed by atoms with Crippen LogP contribution in [0.15, 0.2) is 0 Å². The first-order valence-corrected chi connectivity index (χ1v) is 6.15. The van der Waals surface area contributed by atoms with Crippen molar-refractivity contribution in [2.24, 2.45) is 5.41 Å². The van der Waals surface area contributed by atoms with Crippen LogP contribution in [0, 0.1) is 5.41 Å². The van der Waals surface area contributed by atoms with Crippen LogP contribution in [0.2, 0.25) is 0 Å². The van der Waals surface area contributed by atoms with Crippen LogP contribution in [0.5, 0.6) is 0 Å². The van der Waals surface area contributed by atoms with Crippen molar-refractivity contribution < 1.29 is 14.3 Å². The molecule has 0 saturated carbocycles. The van der Waals surface area contributed by atoms with Gasteiger partial charge in [-0.2, -0.15) is 0 Å². The summed E-state index contributed by atoms with van der Waals surface area (Å²) < 4.78 is 11.7. The molecular weight excluding hydrogens is 206 g/mol. The number of carbonyl (C=O) groups excluding carboxylic acids is 1. The number of nitrogens with zero attached hydrogens (tertiary/aromatic N) is 1. The zero-order chi connectivity index (χ0) is 11.8. The molecule has 1 spiro atoms. The van der Waals surface area contributed by atoms with E-state index in [1.165, 1.54) is 0 Å². The van der Waals surface area contributed by atoms with Gasteiger partial charge in [0.05, 0.1) is 13.2 Å². The molecule has 0 N–H and O–H groups in total. The lowest BCUT2D eigenvalue weighted by Gasteiger charge is -2.50.